The van der Waals surface area contributed by atoms with Gasteiger partial charge in [0.15, 0.2) is 10.8 Å². The summed E-state index contributed by atoms with van der Waals surface area (Å²) in [5.74, 6) is 0.448. The molecule has 2 aromatic carbocycles. The van der Waals surface area contributed by atoms with Crippen LogP contribution in [0.1, 0.15) is 18.0 Å². The number of thioether (sulfide) groups is 1. The summed E-state index contributed by atoms with van der Waals surface area (Å²) in [4.78, 5) is 30.5. The molecule has 7 nitrogen and oxygen atoms in total. The minimum absolute atomic E-state index is 0.148. The minimum Gasteiger partial charge on any atom is -0.352 e. The molecule has 0 fully saturated rings. The van der Waals surface area contributed by atoms with Crippen LogP contribution < -0.4 is 10.9 Å². The van der Waals surface area contributed by atoms with Crippen LogP contribution in [0.2, 0.25) is 10.0 Å². The normalized spacial score (nSPS) is 15.1. The highest BCUT2D eigenvalue weighted by atomic mass is 35.5. The fourth-order valence-electron chi connectivity index (χ4n) is 3.70. The number of carbonyl (C=O) groups excluding carboxylic acids is 1. The second kappa shape index (κ2) is 8.61. The van der Waals surface area contributed by atoms with Crippen LogP contribution in [0.15, 0.2) is 64.7 Å². The van der Waals surface area contributed by atoms with Crippen LogP contribution in [0, 0.1) is 0 Å². The molecule has 10 heteroatoms. The number of nitrogens with one attached hydrogen (secondary N) is 1. The maximum absolute atomic E-state index is 13.2. The van der Waals surface area contributed by atoms with Gasteiger partial charge < -0.3 is 5.32 Å². The number of benzene rings is 2. The average molecular weight is 486 g/mol. The molecule has 1 atom stereocenters. The van der Waals surface area contributed by atoms with Gasteiger partial charge in [-0.3, -0.25) is 14.2 Å². The number of hydrogen-bond donors (Lipinski definition) is 1. The van der Waals surface area contributed by atoms with E-state index in [2.05, 4.69) is 15.4 Å². The van der Waals surface area contributed by atoms with Gasteiger partial charge in [-0.1, -0.05) is 59.2 Å². The fraction of sp³-hybridized carbons (Fsp3) is 0.182. The Balaban J connectivity index is 1.39. The predicted molar refractivity (Wildman–Crippen MR) is 126 cm³/mol. The molecule has 1 aliphatic rings. The van der Waals surface area contributed by atoms with E-state index in [4.69, 9.17) is 23.2 Å². The molecular weight excluding hydrogens is 469 g/mol. The van der Waals surface area contributed by atoms with Gasteiger partial charge in [0.2, 0.25) is 5.91 Å². The van der Waals surface area contributed by atoms with E-state index in [-0.39, 0.29) is 23.9 Å². The zero-order valence-corrected chi connectivity index (χ0v) is 19.0. The highest BCUT2D eigenvalue weighted by Crippen LogP contribution is 2.33. The summed E-state index contributed by atoms with van der Waals surface area (Å²) in [6.07, 6.45) is 1.69. The van der Waals surface area contributed by atoms with Gasteiger partial charge in [-0.15, -0.1) is 0 Å². The van der Waals surface area contributed by atoms with Crippen molar-refractivity contribution in [2.75, 3.05) is 5.75 Å². The molecule has 1 amide bonds. The summed E-state index contributed by atoms with van der Waals surface area (Å²) in [6.45, 7) is 0.337. The zero-order chi connectivity index (χ0) is 22.2. The topological polar surface area (TPSA) is 81.8 Å². The van der Waals surface area contributed by atoms with Crippen molar-refractivity contribution in [1.82, 2.24) is 24.6 Å². The Morgan fingerprint density at radius 2 is 2.03 bits per heavy atom. The summed E-state index contributed by atoms with van der Waals surface area (Å²) >= 11 is 13.7. The number of aromatic nitrogens is 4. The maximum atomic E-state index is 13.2. The third-order valence-electron chi connectivity index (χ3n) is 5.28. The van der Waals surface area contributed by atoms with E-state index in [1.807, 2.05) is 30.3 Å². The Morgan fingerprint density at radius 1 is 1.19 bits per heavy atom. The SMILES string of the molecule is O=C(CC1CSc2nc3c(cnn3-c3cccc(Cl)c3)c(=O)n21)NCc1ccccc1Cl. The molecule has 32 heavy (non-hydrogen) atoms. The van der Waals surface area contributed by atoms with Crippen LogP contribution in [-0.2, 0) is 11.3 Å². The lowest BCUT2D eigenvalue weighted by molar-refractivity contribution is -0.121. The van der Waals surface area contributed by atoms with Gasteiger partial charge in [-0.05, 0) is 29.8 Å². The number of fused-ring (bicyclic) bond motifs is 2. The van der Waals surface area contributed by atoms with Crippen LogP contribution in [0.3, 0.4) is 0 Å². The number of carbonyl (C=O) groups is 1. The summed E-state index contributed by atoms with van der Waals surface area (Å²) in [6, 6.07) is 14.3. The first kappa shape index (κ1) is 21.1. The highest BCUT2D eigenvalue weighted by molar-refractivity contribution is 7.99. The van der Waals surface area contributed by atoms with Crippen molar-refractivity contribution in [2.24, 2.45) is 0 Å². The molecule has 0 bridgehead atoms. The number of nitrogens with zero attached hydrogens (tertiary/aromatic N) is 4. The lowest BCUT2D eigenvalue weighted by atomic mass is 10.2. The zero-order valence-electron chi connectivity index (χ0n) is 16.7. The number of amides is 1. The van der Waals surface area contributed by atoms with E-state index in [1.54, 1.807) is 27.4 Å². The van der Waals surface area contributed by atoms with Crippen molar-refractivity contribution in [3.63, 3.8) is 0 Å². The van der Waals surface area contributed by atoms with Crippen molar-refractivity contribution in [2.45, 2.75) is 24.2 Å². The monoisotopic (exact) mass is 485 g/mol. The van der Waals surface area contributed by atoms with E-state index in [1.165, 1.54) is 18.0 Å². The Labute approximate surface area is 197 Å². The van der Waals surface area contributed by atoms with E-state index in [9.17, 15) is 9.59 Å². The molecule has 0 radical (unpaired) electrons. The summed E-state index contributed by atoms with van der Waals surface area (Å²) in [7, 11) is 0. The molecule has 3 heterocycles. The molecule has 5 rings (SSSR count). The van der Waals surface area contributed by atoms with Gasteiger partial charge >= 0.3 is 0 Å². The molecule has 162 valence electrons. The second-order valence-corrected chi connectivity index (χ2v) is 9.21. The maximum Gasteiger partial charge on any atom is 0.265 e. The van der Waals surface area contributed by atoms with Crippen LogP contribution in [0.4, 0.5) is 0 Å². The van der Waals surface area contributed by atoms with Gasteiger partial charge in [-0.25, -0.2) is 9.67 Å². The molecular formula is C22H17Cl2N5O2S. The van der Waals surface area contributed by atoms with Gasteiger partial charge in [0.05, 0.1) is 17.9 Å². The largest absolute Gasteiger partial charge is 0.352 e. The van der Waals surface area contributed by atoms with E-state index < -0.39 is 0 Å². The number of halogens is 2. The van der Waals surface area contributed by atoms with Crippen molar-refractivity contribution in [3.8, 4) is 5.69 Å². The van der Waals surface area contributed by atoms with Crippen LogP contribution >= 0.6 is 35.0 Å². The molecule has 0 aliphatic carbocycles. The molecule has 2 aromatic heterocycles. The van der Waals surface area contributed by atoms with Gasteiger partial charge in [0, 0.05) is 28.8 Å². The quantitative estimate of drug-likeness (QED) is 0.427. The van der Waals surface area contributed by atoms with Crippen molar-refractivity contribution in [1.29, 1.82) is 0 Å². The van der Waals surface area contributed by atoms with Gasteiger partial charge in [-0.2, -0.15) is 5.10 Å². The summed E-state index contributed by atoms with van der Waals surface area (Å²) in [5.41, 5.74) is 1.84. The van der Waals surface area contributed by atoms with E-state index in [0.717, 1.165) is 11.3 Å². The third-order valence-corrected chi connectivity index (χ3v) is 6.98. The fourth-order valence-corrected chi connectivity index (χ4v) is 5.22. The Bertz CT molecular complexity index is 1400. The molecule has 0 saturated heterocycles. The first-order valence-electron chi connectivity index (χ1n) is 9.90. The Kier molecular flexibility index (Phi) is 5.67. The molecule has 0 spiro atoms. The van der Waals surface area contributed by atoms with Crippen molar-refractivity contribution in [3.05, 3.63) is 80.7 Å². The van der Waals surface area contributed by atoms with E-state index >= 15 is 0 Å². The van der Waals surface area contributed by atoms with Crippen LogP contribution in [0.5, 0.6) is 0 Å². The van der Waals surface area contributed by atoms with Gasteiger partial charge in [0.25, 0.3) is 5.56 Å². The van der Waals surface area contributed by atoms with Gasteiger partial charge in [0.1, 0.15) is 5.39 Å². The molecule has 1 N–H and O–H groups in total. The molecule has 0 saturated carbocycles. The molecule has 4 aromatic rings. The number of hydrogen-bond acceptors (Lipinski definition) is 5. The lowest BCUT2D eigenvalue weighted by Crippen LogP contribution is -2.30. The molecule has 1 aliphatic heterocycles. The lowest BCUT2D eigenvalue weighted by Gasteiger charge is -2.14. The third kappa shape index (κ3) is 3.90. The second-order valence-electron chi connectivity index (χ2n) is 7.38. The Morgan fingerprint density at radius 3 is 2.84 bits per heavy atom. The summed E-state index contributed by atoms with van der Waals surface area (Å²) in [5, 5.41) is 9.39. The first-order valence-corrected chi connectivity index (χ1v) is 11.6. The first-order chi connectivity index (χ1) is 15.5. The predicted octanol–water partition coefficient (Wildman–Crippen LogP) is 4.24. The standard InChI is InChI=1S/C22H17Cl2N5O2S/c23-14-5-3-6-15(8-14)29-20-17(11-26-29)21(31)28-16(12-32-22(28)27-20)9-19(30)25-10-13-4-1-2-7-18(13)24/h1-8,11,16H,9-10,12H2,(H,25,30). The molecule has 1 unspecified atom stereocenters. The smallest absolute Gasteiger partial charge is 0.265 e. The number of rotatable bonds is 5. The summed E-state index contributed by atoms with van der Waals surface area (Å²) < 4.78 is 3.21. The highest BCUT2D eigenvalue weighted by Gasteiger charge is 2.29. The van der Waals surface area contributed by atoms with Crippen LogP contribution in [-0.4, -0.2) is 31.0 Å². The van der Waals surface area contributed by atoms with Crippen molar-refractivity contribution < 1.29 is 4.79 Å². The minimum atomic E-state index is -0.278. The van der Waals surface area contributed by atoms with E-state index in [0.29, 0.717) is 38.5 Å². The Hall–Kier alpha value is -2.81. The van der Waals surface area contributed by atoms with Crippen LogP contribution in [0.25, 0.3) is 16.7 Å². The average Bonchev–Trinajstić information content (AvgIpc) is 3.38. The van der Waals surface area contributed by atoms with Crippen molar-refractivity contribution >= 4 is 51.9 Å².